The molecule has 1 aliphatic rings. The van der Waals surface area contributed by atoms with Crippen LogP contribution in [-0.2, 0) is 4.79 Å². The number of hydrogen-bond donors (Lipinski definition) is 3. The molecular formula is C5H9N5O. The summed E-state index contributed by atoms with van der Waals surface area (Å²) in [6, 6.07) is 0. The molecule has 1 heterocycles. The van der Waals surface area contributed by atoms with Crippen LogP contribution in [0.2, 0.25) is 0 Å². The predicted molar refractivity (Wildman–Crippen MR) is 40.9 cm³/mol. The molecule has 6 heteroatoms. The Balaban J connectivity index is 2.66. The molecule has 0 saturated carbocycles. The van der Waals surface area contributed by atoms with E-state index in [0.29, 0.717) is 13.0 Å². The third-order valence-corrected chi connectivity index (χ3v) is 1.09. The van der Waals surface area contributed by atoms with Gasteiger partial charge >= 0.3 is 0 Å². The molecule has 0 bridgehead atoms. The highest BCUT2D eigenvalue weighted by molar-refractivity contribution is 6.03. The molecule has 0 saturated heterocycles. The van der Waals surface area contributed by atoms with E-state index in [2.05, 4.69) is 15.3 Å². The average molecular weight is 155 g/mol. The van der Waals surface area contributed by atoms with E-state index in [1.807, 2.05) is 0 Å². The van der Waals surface area contributed by atoms with Gasteiger partial charge in [0.1, 0.15) is 0 Å². The quantitative estimate of drug-likeness (QED) is 0.282. The van der Waals surface area contributed by atoms with E-state index in [9.17, 15) is 4.79 Å². The molecule has 0 atom stereocenters. The minimum absolute atomic E-state index is 0.106. The fourth-order valence-corrected chi connectivity index (χ4v) is 0.676. The molecule has 0 aliphatic carbocycles. The lowest BCUT2D eigenvalue weighted by molar-refractivity contribution is -0.119. The minimum atomic E-state index is -0.111. The second kappa shape index (κ2) is 3.00. The van der Waals surface area contributed by atoms with E-state index < -0.39 is 0 Å². The van der Waals surface area contributed by atoms with E-state index >= 15 is 0 Å². The molecular weight excluding hydrogens is 146 g/mol. The summed E-state index contributed by atoms with van der Waals surface area (Å²) in [6.45, 7) is 0.442. The molecule has 0 fully saturated rings. The van der Waals surface area contributed by atoms with Crippen LogP contribution in [0, 0.1) is 0 Å². The number of hydrogen-bond acceptors (Lipinski definition) is 3. The Kier molecular flexibility index (Phi) is 2.05. The van der Waals surface area contributed by atoms with Crippen LogP contribution in [0.15, 0.2) is 9.98 Å². The second-order valence-corrected chi connectivity index (χ2v) is 2.04. The topological polar surface area (TPSA) is 106 Å². The standard InChI is InChI=1S/C5H9N5O/c6-4(7)10-5-8-2-1-3(11)9-5/h1-2H2,(H5,6,7,8,9,10,11). The molecule has 0 aromatic rings. The van der Waals surface area contributed by atoms with Gasteiger partial charge in [-0.1, -0.05) is 0 Å². The van der Waals surface area contributed by atoms with Crippen LogP contribution in [-0.4, -0.2) is 24.4 Å². The van der Waals surface area contributed by atoms with Gasteiger partial charge in [-0.25, -0.2) is 0 Å². The van der Waals surface area contributed by atoms with Gasteiger partial charge in [-0.15, -0.1) is 0 Å². The largest absolute Gasteiger partial charge is 0.370 e. The Hall–Kier alpha value is -1.59. The van der Waals surface area contributed by atoms with Crippen molar-refractivity contribution >= 4 is 17.8 Å². The first-order valence-corrected chi connectivity index (χ1v) is 3.12. The van der Waals surface area contributed by atoms with Crippen molar-refractivity contribution in [1.29, 1.82) is 0 Å². The lowest BCUT2D eigenvalue weighted by Gasteiger charge is -2.08. The Morgan fingerprint density at radius 3 is 2.91 bits per heavy atom. The van der Waals surface area contributed by atoms with Crippen LogP contribution in [0.5, 0.6) is 0 Å². The average Bonchev–Trinajstić information content (AvgIpc) is 1.85. The van der Waals surface area contributed by atoms with Gasteiger partial charge in [0.25, 0.3) is 0 Å². The van der Waals surface area contributed by atoms with Crippen molar-refractivity contribution in [3.63, 3.8) is 0 Å². The van der Waals surface area contributed by atoms with Crippen molar-refractivity contribution in [2.24, 2.45) is 21.5 Å². The maximum atomic E-state index is 10.7. The molecule has 0 aromatic carbocycles. The van der Waals surface area contributed by atoms with Gasteiger partial charge in [0.05, 0.1) is 6.54 Å². The third-order valence-electron chi connectivity index (χ3n) is 1.09. The van der Waals surface area contributed by atoms with E-state index in [0.717, 1.165) is 0 Å². The molecule has 5 N–H and O–H groups in total. The number of rotatable bonds is 0. The molecule has 6 nitrogen and oxygen atoms in total. The smallest absolute Gasteiger partial charge is 0.228 e. The van der Waals surface area contributed by atoms with Gasteiger partial charge in [0, 0.05) is 6.42 Å². The van der Waals surface area contributed by atoms with Crippen molar-refractivity contribution in [1.82, 2.24) is 5.32 Å². The summed E-state index contributed by atoms with van der Waals surface area (Å²) in [7, 11) is 0. The SMILES string of the molecule is NC(N)=NC1=NCCC(=O)N1. The maximum absolute atomic E-state index is 10.7. The fraction of sp³-hybridized carbons (Fsp3) is 0.400. The van der Waals surface area contributed by atoms with Crippen LogP contribution in [0.4, 0.5) is 0 Å². The molecule has 0 unspecified atom stereocenters. The summed E-state index contributed by atoms with van der Waals surface area (Å²) in [6.07, 6.45) is 0.392. The second-order valence-electron chi connectivity index (χ2n) is 2.04. The summed E-state index contributed by atoms with van der Waals surface area (Å²) in [5.74, 6) is -0.0211. The van der Waals surface area contributed by atoms with Gasteiger partial charge in [-0.05, 0) is 0 Å². The molecule has 1 rings (SSSR count). The highest BCUT2D eigenvalue weighted by Crippen LogP contribution is 1.91. The Morgan fingerprint density at radius 1 is 1.64 bits per heavy atom. The van der Waals surface area contributed by atoms with E-state index in [-0.39, 0.29) is 17.8 Å². The van der Waals surface area contributed by atoms with Crippen molar-refractivity contribution in [3.05, 3.63) is 0 Å². The Morgan fingerprint density at radius 2 is 2.36 bits per heavy atom. The molecule has 0 radical (unpaired) electrons. The summed E-state index contributed by atoms with van der Waals surface area (Å²) in [5.41, 5.74) is 10.1. The molecule has 0 aromatic heterocycles. The summed E-state index contributed by atoms with van der Waals surface area (Å²) in [4.78, 5) is 18.1. The van der Waals surface area contributed by atoms with E-state index in [1.54, 1.807) is 0 Å². The first-order valence-electron chi connectivity index (χ1n) is 3.12. The number of amides is 1. The molecule has 0 spiro atoms. The molecule has 60 valence electrons. The number of guanidine groups is 2. The monoisotopic (exact) mass is 155 g/mol. The van der Waals surface area contributed by atoms with Crippen molar-refractivity contribution in [2.75, 3.05) is 6.54 Å². The summed E-state index contributed by atoms with van der Waals surface area (Å²) in [5, 5.41) is 2.41. The Bertz CT molecular complexity index is 227. The zero-order chi connectivity index (χ0) is 8.27. The normalized spacial score (nSPS) is 16.7. The number of nitrogens with zero attached hydrogens (tertiary/aromatic N) is 2. The fourth-order valence-electron chi connectivity index (χ4n) is 0.676. The summed E-state index contributed by atoms with van der Waals surface area (Å²) < 4.78 is 0. The lowest BCUT2D eigenvalue weighted by atomic mass is 10.4. The van der Waals surface area contributed by atoms with Gasteiger partial charge in [-0.3, -0.25) is 15.1 Å². The van der Waals surface area contributed by atoms with Gasteiger partial charge < -0.3 is 11.5 Å². The number of carbonyl (C=O) groups excluding carboxylic acids is 1. The van der Waals surface area contributed by atoms with Gasteiger partial charge in [0.15, 0.2) is 5.96 Å². The molecule has 1 aliphatic heterocycles. The van der Waals surface area contributed by atoms with Crippen molar-refractivity contribution < 1.29 is 4.79 Å². The van der Waals surface area contributed by atoms with Gasteiger partial charge in [0.2, 0.25) is 11.9 Å². The van der Waals surface area contributed by atoms with Crippen LogP contribution in [0.1, 0.15) is 6.42 Å². The predicted octanol–water partition coefficient (Wildman–Crippen LogP) is -1.86. The molecule has 11 heavy (non-hydrogen) atoms. The van der Waals surface area contributed by atoms with Crippen molar-refractivity contribution in [3.8, 4) is 0 Å². The highest BCUT2D eigenvalue weighted by atomic mass is 16.1. The number of carbonyl (C=O) groups is 1. The highest BCUT2D eigenvalue weighted by Gasteiger charge is 2.09. The van der Waals surface area contributed by atoms with Crippen LogP contribution in [0.25, 0.3) is 0 Å². The van der Waals surface area contributed by atoms with E-state index in [1.165, 1.54) is 0 Å². The Labute approximate surface area is 63.4 Å². The minimum Gasteiger partial charge on any atom is -0.370 e. The van der Waals surface area contributed by atoms with E-state index in [4.69, 9.17) is 11.5 Å². The van der Waals surface area contributed by atoms with Crippen LogP contribution >= 0.6 is 0 Å². The zero-order valence-electron chi connectivity index (χ0n) is 5.87. The van der Waals surface area contributed by atoms with Crippen LogP contribution < -0.4 is 16.8 Å². The number of nitrogens with two attached hydrogens (primary N) is 2. The third kappa shape index (κ3) is 2.24. The first-order chi connectivity index (χ1) is 5.18. The molecule has 1 amide bonds. The first kappa shape index (κ1) is 7.52. The zero-order valence-corrected chi connectivity index (χ0v) is 5.87. The number of nitrogens with one attached hydrogen (secondary N) is 1. The van der Waals surface area contributed by atoms with Crippen molar-refractivity contribution in [2.45, 2.75) is 6.42 Å². The number of aliphatic imine (C=N–C) groups is 2. The van der Waals surface area contributed by atoms with Crippen LogP contribution in [0.3, 0.4) is 0 Å². The van der Waals surface area contributed by atoms with Gasteiger partial charge in [-0.2, -0.15) is 4.99 Å². The maximum Gasteiger partial charge on any atom is 0.228 e. The summed E-state index contributed by atoms with van der Waals surface area (Å²) >= 11 is 0. The lowest BCUT2D eigenvalue weighted by Crippen LogP contribution is -2.36.